The van der Waals surface area contributed by atoms with Crippen LogP contribution >= 0.6 is 23.2 Å². The molecule has 2 aromatic rings. The first-order chi connectivity index (χ1) is 18.8. The van der Waals surface area contributed by atoms with Gasteiger partial charge in [-0.2, -0.15) is 13.2 Å². The van der Waals surface area contributed by atoms with Crippen molar-refractivity contribution < 1.29 is 41.4 Å². The van der Waals surface area contributed by atoms with Gasteiger partial charge < -0.3 is 25.0 Å². The van der Waals surface area contributed by atoms with E-state index in [1.807, 2.05) is 0 Å². The summed E-state index contributed by atoms with van der Waals surface area (Å²) in [5, 5.41) is 5.13. The maximum Gasteiger partial charge on any atom is 0.403 e. The van der Waals surface area contributed by atoms with Crippen LogP contribution in [0.25, 0.3) is 0 Å². The zero-order chi connectivity index (χ0) is 29.2. The topological polar surface area (TPSA) is 97.0 Å². The Morgan fingerprint density at radius 3 is 2.52 bits per heavy atom. The number of fused-ring (bicyclic) bond motifs is 1. The monoisotopic (exact) mass is 603 g/mol. The fraction of sp³-hybridized carbons (Fsp3) is 0.346. The Labute approximate surface area is 236 Å². The molecule has 214 valence electrons. The molecule has 2 aliphatic rings. The van der Waals surface area contributed by atoms with Gasteiger partial charge in [0.05, 0.1) is 17.3 Å². The van der Waals surface area contributed by atoms with Crippen molar-refractivity contribution in [2.75, 3.05) is 24.6 Å². The molecule has 0 saturated heterocycles. The minimum atomic E-state index is -4.74. The number of hydrogen-bond donors (Lipinski definition) is 2. The van der Waals surface area contributed by atoms with Crippen LogP contribution < -0.4 is 25.0 Å². The highest BCUT2D eigenvalue weighted by molar-refractivity contribution is 6.31. The number of halogens is 6. The van der Waals surface area contributed by atoms with E-state index in [-0.39, 0.29) is 58.7 Å². The molecule has 8 nitrogen and oxygen atoms in total. The molecule has 0 radical (unpaired) electrons. The van der Waals surface area contributed by atoms with Crippen molar-refractivity contribution in [3.63, 3.8) is 0 Å². The van der Waals surface area contributed by atoms with Crippen molar-refractivity contribution in [1.29, 1.82) is 0 Å². The second kappa shape index (κ2) is 11.5. The van der Waals surface area contributed by atoms with E-state index < -0.39 is 54.4 Å². The molecule has 2 N–H and O–H groups in total. The average molecular weight is 604 g/mol. The molecule has 4 rings (SSSR count). The lowest BCUT2D eigenvalue weighted by atomic mass is 10.0. The Balaban J connectivity index is 1.31. The van der Waals surface area contributed by atoms with Gasteiger partial charge in [-0.3, -0.25) is 14.4 Å². The number of hydrogen-bond acceptors (Lipinski definition) is 5. The van der Waals surface area contributed by atoms with Gasteiger partial charge >= 0.3 is 6.18 Å². The number of amides is 3. The van der Waals surface area contributed by atoms with Gasteiger partial charge in [0.15, 0.2) is 12.7 Å². The normalized spacial score (nSPS) is 17.2. The van der Waals surface area contributed by atoms with Crippen LogP contribution in [0.5, 0.6) is 11.5 Å². The van der Waals surface area contributed by atoms with E-state index in [1.165, 1.54) is 30.3 Å². The number of anilines is 1. The summed E-state index contributed by atoms with van der Waals surface area (Å²) in [6.07, 6.45) is -6.66. The SMILES string of the molecule is C=C(CCNC(=O)COc1ccc(Cl)c(F)c1)NC(=O)C1CN(C(=O)C2(C(F)(F)F)CC2)c2cc(Cl)ccc2O1. The standard InChI is InChI=1S/C26H23Cl2F4N3O5/c1-14(6-9-33-22(36)13-39-16-3-4-17(28)18(29)11-16)34-23(37)21-12-35(19-10-15(27)2-5-20(19)40-21)24(38)25(7-8-25)26(30,31)32/h2-5,10-11,21H,1,6-9,12-13H2,(H,33,36)(H,34,37). The van der Waals surface area contributed by atoms with E-state index in [9.17, 15) is 31.9 Å². The number of alkyl halides is 3. The minimum absolute atomic E-state index is 0.0283. The number of carbonyl (C=O) groups excluding carboxylic acids is 3. The van der Waals surface area contributed by atoms with E-state index in [1.54, 1.807) is 0 Å². The van der Waals surface area contributed by atoms with Crippen LogP contribution in [0.4, 0.5) is 23.2 Å². The number of rotatable bonds is 9. The van der Waals surface area contributed by atoms with Crippen LogP contribution in [0.2, 0.25) is 10.0 Å². The van der Waals surface area contributed by atoms with Crippen molar-refractivity contribution in [1.82, 2.24) is 10.6 Å². The van der Waals surface area contributed by atoms with Crippen LogP contribution in [-0.4, -0.2) is 49.7 Å². The van der Waals surface area contributed by atoms with Crippen molar-refractivity contribution in [2.24, 2.45) is 5.41 Å². The van der Waals surface area contributed by atoms with Crippen LogP contribution in [-0.2, 0) is 14.4 Å². The highest BCUT2D eigenvalue weighted by atomic mass is 35.5. The van der Waals surface area contributed by atoms with Crippen molar-refractivity contribution >= 4 is 46.6 Å². The molecule has 1 heterocycles. The number of ether oxygens (including phenoxy) is 2. The van der Waals surface area contributed by atoms with Crippen LogP contribution in [0.3, 0.4) is 0 Å². The zero-order valence-electron chi connectivity index (χ0n) is 20.7. The first-order valence-corrected chi connectivity index (χ1v) is 12.7. The quantitative estimate of drug-likeness (QED) is 0.402. The summed E-state index contributed by atoms with van der Waals surface area (Å²) in [5.74, 6) is -2.98. The third-order valence-corrected chi connectivity index (χ3v) is 6.92. The second-order valence-corrected chi connectivity index (χ2v) is 10.1. The Kier molecular flexibility index (Phi) is 8.50. The predicted octanol–water partition coefficient (Wildman–Crippen LogP) is 4.78. The molecule has 0 aromatic heterocycles. The molecule has 14 heteroatoms. The van der Waals surface area contributed by atoms with Gasteiger partial charge in [-0.25, -0.2) is 4.39 Å². The lowest BCUT2D eigenvalue weighted by Gasteiger charge is -2.36. The molecule has 1 saturated carbocycles. The summed E-state index contributed by atoms with van der Waals surface area (Å²) in [5.41, 5.74) is -2.27. The lowest BCUT2D eigenvalue weighted by molar-refractivity contribution is -0.190. The van der Waals surface area contributed by atoms with E-state index in [0.717, 1.165) is 11.0 Å². The Hall–Kier alpha value is -3.51. The Morgan fingerprint density at radius 1 is 1.15 bits per heavy atom. The summed E-state index contributed by atoms with van der Waals surface area (Å²) in [4.78, 5) is 38.8. The molecule has 40 heavy (non-hydrogen) atoms. The van der Waals surface area contributed by atoms with Gasteiger partial charge in [0.25, 0.3) is 11.8 Å². The van der Waals surface area contributed by atoms with Crippen molar-refractivity contribution in [3.8, 4) is 11.5 Å². The summed E-state index contributed by atoms with van der Waals surface area (Å²) >= 11 is 11.6. The molecule has 0 bridgehead atoms. The molecule has 1 fully saturated rings. The minimum Gasteiger partial charge on any atom is -0.484 e. The average Bonchev–Trinajstić information content (AvgIpc) is 3.71. The summed E-state index contributed by atoms with van der Waals surface area (Å²) in [6.45, 7) is 2.91. The summed E-state index contributed by atoms with van der Waals surface area (Å²) < 4.78 is 65.3. The third-order valence-electron chi connectivity index (χ3n) is 6.38. The maximum atomic E-state index is 13.7. The van der Waals surface area contributed by atoms with E-state index >= 15 is 0 Å². The Morgan fingerprint density at radius 2 is 1.88 bits per heavy atom. The highest BCUT2D eigenvalue weighted by Gasteiger charge is 2.70. The predicted molar refractivity (Wildman–Crippen MR) is 138 cm³/mol. The second-order valence-electron chi connectivity index (χ2n) is 9.27. The van der Waals surface area contributed by atoms with Gasteiger partial charge in [-0.1, -0.05) is 29.8 Å². The number of nitrogens with one attached hydrogen (secondary N) is 2. The molecular formula is C26H23Cl2F4N3O5. The first kappa shape index (κ1) is 29.5. The van der Waals surface area contributed by atoms with E-state index in [4.69, 9.17) is 32.7 Å². The van der Waals surface area contributed by atoms with E-state index in [2.05, 4.69) is 17.2 Å². The van der Waals surface area contributed by atoms with Crippen LogP contribution in [0.1, 0.15) is 19.3 Å². The molecule has 1 aliphatic carbocycles. The summed E-state index contributed by atoms with van der Waals surface area (Å²) in [7, 11) is 0. The van der Waals surface area contributed by atoms with Gasteiger partial charge in [0.2, 0.25) is 5.91 Å². The van der Waals surface area contributed by atoms with Crippen LogP contribution in [0.15, 0.2) is 48.7 Å². The third kappa shape index (κ3) is 6.44. The molecule has 3 amide bonds. The molecule has 1 atom stereocenters. The van der Waals surface area contributed by atoms with Crippen LogP contribution in [0, 0.1) is 11.2 Å². The molecule has 0 spiro atoms. The maximum absolute atomic E-state index is 13.7. The zero-order valence-corrected chi connectivity index (χ0v) is 22.3. The largest absolute Gasteiger partial charge is 0.484 e. The first-order valence-electron chi connectivity index (χ1n) is 12.0. The number of benzene rings is 2. The highest BCUT2D eigenvalue weighted by Crippen LogP contribution is 2.59. The number of nitrogens with zero attached hydrogens (tertiary/aromatic N) is 1. The smallest absolute Gasteiger partial charge is 0.403 e. The number of carbonyl (C=O) groups is 3. The van der Waals surface area contributed by atoms with Crippen molar-refractivity contribution in [2.45, 2.75) is 31.5 Å². The summed E-state index contributed by atoms with van der Waals surface area (Å²) in [6, 6.07) is 7.83. The fourth-order valence-corrected chi connectivity index (χ4v) is 4.31. The van der Waals surface area contributed by atoms with Crippen molar-refractivity contribution in [3.05, 3.63) is 64.5 Å². The van der Waals surface area contributed by atoms with Gasteiger partial charge in [0, 0.05) is 29.8 Å². The molecule has 1 unspecified atom stereocenters. The van der Waals surface area contributed by atoms with Gasteiger partial charge in [0.1, 0.15) is 22.7 Å². The van der Waals surface area contributed by atoms with Gasteiger partial charge in [-0.15, -0.1) is 0 Å². The fourth-order valence-electron chi connectivity index (χ4n) is 4.02. The van der Waals surface area contributed by atoms with E-state index in [0.29, 0.717) is 0 Å². The Bertz CT molecular complexity index is 1350. The molecular weight excluding hydrogens is 581 g/mol. The van der Waals surface area contributed by atoms with Gasteiger partial charge in [-0.05, 0) is 43.2 Å². The molecule has 2 aromatic carbocycles. The molecule has 1 aliphatic heterocycles. The lowest BCUT2D eigenvalue weighted by Crippen LogP contribution is -2.54.